The number of fused-ring (bicyclic) bond motifs is 7. The Morgan fingerprint density at radius 2 is 0.846 bits per heavy atom. The van der Waals surface area contributed by atoms with Gasteiger partial charge in [-0.1, -0.05) is 147 Å². The first-order valence-electron chi connectivity index (χ1n) is 13.8. The molecule has 0 saturated carbocycles. The van der Waals surface area contributed by atoms with E-state index in [-0.39, 0.29) is 5.41 Å². The van der Waals surface area contributed by atoms with Crippen molar-refractivity contribution >= 4 is 32.3 Å². The summed E-state index contributed by atoms with van der Waals surface area (Å²) < 4.78 is 0. The van der Waals surface area contributed by atoms with Crippen molar-refractivity contribution in [1.82, 2.24) is 0 Å². The van der Waals surface area contributed by atoms with Crippen LogP contribution in [0.5, 0.6) is 0 Å². The minimum absolute atomic E-state index is 0.00710. The van der Waals surface area contributed by atoms with Crippen LogP contribution < -0.4 is 0 Å². The van der Waals surface area contributed by atoms with Crippen molar-refractivity contribution in [3.8, 4) is 33.4 Å². The molecule has 184 valence electrons. The molecule has 0 N–H and O–H groups in total. The summed E-state index contributed by atoms with van der Waals surface area (Å²) in [4.78, 5) is 0. The van der Waals surface area contributed by atoms with Gasteiger partial charge in [0.1, 0.15) is 0 Å². The second kappa shape index (κ2) is 8.16. The van der Waals surface area contributed by atoms with E-state index in [9.17, 15) is 0 Å². The van der Waals surface area contributed by atoms with E-state index in [1.807, 2.05) is 0 Å². The Labute approximate surface area is 229 Å². The van der Waals surface area contributed by atoms with E-state index < -0.39 is 0 Å². The normalized spacial score (nSPS) is 13.6. The predicted molar refractivity (Wildman–Crippen MR) is 167 cm³/mol. The molecular formula is C39H28. The molecule has 0 bridgehead atoms. The third-order valence-corrected chi connectivity index (χ3v) is 8.87. The molecule has 7 aromatic carbocycles. The molecule has 8 rings (SSSR count). The second-order valence-corrected chi connectivity index (χ2v) is 11.3. The Balaban J connectivity index is 1.52. The van der Waals surface area contributed by atoms with Gasteiger partial charge in [0.25, 0.3) is 0 Å². The molecule has 0 nitrogen and oxygen atoms in total. The molecule has 1 aliphatic rings. The first kappa shape index (κ1) is 22.3. The molecule has 1 aliphatic carbocycles. The lowest BCUT2D eigenvalue weighted by Crippen LogP contribution is -2.14. The molecule has 0 heterocycles. The molecule has 0 fully saturated rings. The molecule has 0 spiro atoms. The smallest absolute Gasteiger partial charge is 0.0159 e. The summed E-state index contributed by atoms with van der Waals surface area (Å²) in [5.74, 6) is 0. The van der Waals surface area contributed by atoms with E-state index in [0.29, 0.717) is 0 Å². The van der Waals surface area contributed by atoms with Gasteiger partial charge in [-0.15, -0.1) is 0 Å². The summed E-state index contributed by atoms with van der Waals surface area (Å²) in [6, 6.07) is 49.3. The molecule has 0 radical (unpaired) electrons. The van der Waals surface area contributed by atoms with E-state index in [0.717, 1.165) is 0 Å². The van der Waals surface area contributed by atoms with Gasteiger partial charge in [-0.2, -0.15) is 0 Å². The zero-order valence-electron chi connectivity index (χ0n) is 22.2. The van der Waals surface area contributed by atoms with Crippen LogP contribution in [0.1, 0.15) is 25.0 Å². The molecule has 39 heavy (non-hydrogen) atoms. The second-order valence-electron chi connectivity index (χ2n) is 11.3. The van der Waals surface area contributed by atoms with Crippen molar-refractivity contribution in [3.05, 3.63) is 145 Å². The summed E-state index contributed by atoms with van der Waals surface area (Å²) in [6.07, 6.45) is 0. The highest BCUT2D eigenvalue weighted by Gasteiger charge is 2.36. The van der Waals surface area contributed by atoms with Crippen molar-refractivity contribution in [1.29, 1.82) is 0 Å². The van der Waals surface area contributed by atoms with Crippen LogP contribution in [-0.4, -0.2) is 0 Å². The van der Waals surface area contributed by atoms with Crippen LogP contribution in [0.15, 0.2) is 133 Å². The Morgan fingerprint density at radius 1 is 0.333 bits per heavy atom. The largest absolute Gasteiger partial charge is 0.0622 e. The van der Waals surface area contributed by atoms with E-state index in [2.05, 4.69) is 147 Å². The van der Waals surface area contributed by atoms with E-state index in [1.54, 1.807) is 0 Å². The highest BCUT2D eigenvalue weighted by atomic mass is 14.4. The average Bonchev–Trinajstić information content (AvgIpc) is 3.23. The zero-order chi connectivity index (χ0) is 26.1. The summed E-state index contributed by atoms with van der Waals surface area (Å²) in [6.45, 7) is 4.72. The number of rotatable bonds is 2. The van der Waals surface area contributed by atoms with Crippen LogP contribution in [0, 0.1) is 0 Å². The summed E-state index contributed by atoms with van der Waals surface area (Å²) in [5, 5.41) is 7.83. The van der Waals surface area contributed by atoms with Crippen molar-refractivity contribution in [3.63, 3.8) is 0 Å². The predicted octanol–water partition coefficient (Wildman–Crippen LogP) is 10.8. The fourth-order valence-electron chi connectivity index (χ4n) is 7.11. The van der Waals surface area contributed by atoms with Crippen LogP contribution in [0.2, 0.25) is 0 Å². The number of hydrogen-bond donors (Lipinski definition) is 0. The van der Waals surface area contributed by atoms with Crippen molar-refractivity contribution in [2.24, 2.45) is 0 Å². The quantitative estimate of drug-likeness (QED) is 0.209. The molecule has 0 saturated heterocycles. The Hall–Kier alpha value is -4.68. The minimum atomic E-state index is -0.00710. The topological polar surface area (TPSA) is 0 Å². The van der Waals surface area contributed by atoms with Gasteiger partial charge in [-0.05, 0) is 76.8 Å². The fourth-order valence-corrected chi connectivity index (χ4v) is 7.11. The van der Waals surface area contributed by atoms with Crippen molar-refractivity contribution in [2.75, 3.05) is 0 Å². The SMILES string of the molecule is CC1(C)c2ccccc2-c2c1ccc1c(-c3c4ccccc4c(-c4ccccc4)c4ccccc34)cccc21. The number of benzene rings is 7. The highest BCUT2D eigenvalue weighted by molar-refractivity contribution is 6.24. The van der Waals surface area contributed by atoms with Crippen LogP contribution in [-0.2, 0) is 5.41 Å². The fraction of sp³-hybridized carbons (Fsp3) is 0.0769. The maximum Gasteiger partial charge on any atom is 0.0159 e. The third-order valence-electron chi connectivity index (χ3n) is 8.87. The lowest BCUT2D eigenvalue weighted by atomic mass is 9.81. The van der Waals surface area contributed by atoms with Crippen molar-refractivity contribution in [2.45, 2.75) is 19.3 Å². The van der Waals surface area contributed by atoms with E-state index in [1.165, 1.54) is 76.8 Å². The highest BCUT2D eigenvalue weighted by Crippen LogP contribution is 2.53. The van der Waals surface area contributed by atoms with Gasteiger partial charge in [0.15, 0.2) is 0 Å². The lowest BCUT2D eigenvalue weighted by Gasteiger charge is -2.22. The molecule has 0 heteroatoms. The Kier molecular flexibility index (Phi) is 4.67. The standard InChI is InChI=1S/C39H28/c1-39(2)34-22-11-10-19-33(34)38-28-21-12-20-27(26(28)23-24-35(38)39)37-31-17-8-6-15-29(31)36(25-13-4-3-5-14-25)30-16-7-9-18-32(30)37/h3-24H,1-2H3. The van der Waals surface area contributed by atoms with Gasteiger partial charge in [0.05, 0.1) is 0 Å². The monoisotopic (exact) mass is 496 g/mol. The van der Waals surface area contributed by atoms with Gasteiger partial charge in [-0.25, -0.2) is 0 Å². The van der Waals surface area contributed by atoms with Gasteiger partial charge in [0, 0.05) is 5.41 Å². The summed E-state index contributed by atoms with van der Waals surface area (Å²) in [5.41, 5.74) is 10.8. The molecular weight excluding hydrogens is 468 g/mol. The first-order valence-corrected chi connectivity index (χ1v) is 13.8. The molecule has 0 atom stereocenters. The Morgan fingerprint density at radius 3 is 1.54 bits per heavy atom. The van der Waals surface area contributed by atoms with Crippen LogP contribution in [0.25, 0.3) is 65.7 Å². The minimum Gasteiger partial charge on any atom is -0.0622 e. The third kappa shape index (κ3) is 3.06. The molecule has 7 aromatic rings. The Bertz CT molecular complexity index is 2020. The molecule has 0 aliphatic heterocycles. The lowest BCUT2D eigenvalue weighted by molar-refractivity contribution is 0.661. The van der Waals surface area contributed by atoms with Crippen LogP contribution in [0.3, 0.4) is 0 Å². The van der Waals surface area contributed by atoms with Gasteiger partial charge in [0.2, 0.25) is 0 Å². The number of hydrogen-bond acceptors (Lipinski definition) is 0. The van der Waals surface area contributed by atoms with Crippen LogP contribution in [0.4, 0.5) is 0 Å². The van der Waals surface area contributed by atoms with Gasteiger partial charge >= 0.3 is 0 Å². The van der Waals surface area contributed by atoms with E-state index >= 15 is 0 Å². The average molecular weight is 497 g/mol. The molecule has 0 aromatic heterocycles. The van der Waals surface area contributed by atoms with Gasteiger partial charge in [-0.3, -0.25) is 0 Å². The molecule has 0 unspecified atom stereocenters. The van der Waals surface area contributed by atoms with Crippen molar-refractivity contribution < 1.29 is 0 Å². The maximum atomic E-state index is 2.38. The van der Waals surface area contributed by atoms with Gasteiger partial charge < -0.3 is 0 Å². The first-order chi connectivity index (χ1) is 19.1. The molecule has 0 amide bonds. The maximum absolute atomic E-state index is 2.38. The van der Waals surface area contributed by atoms with E-state index in [4.69, 9.17) is 0 Å². The summed E-state index contributed by atoms with van der Waals surface area (Å²) >= 11 is 0. The van der Waals surface area contributed by atoms with Crippen LogP contribution >= 0.6 is 0 Å². The zero-order valence-corrected chi connectivity index (χ0v) is 22.2. The summed E-state index contributed by atoms with van der Waals surface area (Å²) in [7, 11) is 0.